The number of piperidine rings is 1. The summed E-state index contributed by atoms with van der Waals surface area (Å²) in [6, 6.07) is 2.83. The Kier molecular flexibility index (Phi) is 5.57. The van der Waals surface area contributed by atoms with Crippen molar-refractivity contribution in [2.24, 2.45) is 0 Å². The maximum absolute atomic E-state index is 14.0. The van der Waals surface area contributed by atoms with Gasteiger partial charge in [-0.25, -0.2) is 12.8 Å². The van der Waals surface area contributed by atoms with Gasteiger partial charge < -0.3 is 4.74 Å². The number of ether oxygens (including phenoxy) is 1. The lowest BCUT2D eigenvalue weighted by Gasteiger charge is -2.33. The molecular formula is C14H17BrFNO4S. The zero-order chi connectivity index (χ0) is 16.3. The highest BCUT2D eigenvalue weighted by Crippen LogP contribution is 2.29. The van der Waals surface area contributed by atoms with Gasteiger partial charge in [-0.1, -0.05) is 15.9 Å². The lowest BCUT2D eigenvalue weighted by atomic mass is 10.1. The summed E-state index contributed by atoms with van der Waals surface area (Å²) in [6.45, 7) is 2.01. The Hall–Kier alpha value is -0.990. The average molecular weight is 394 g/mol. The van der Waals surface area contributed by atoms with Crippen molar-refractivity contribution in [3.05, 3.63) is 28.5 Å². The molecule has 5 nitrogen and oxygen atoms in total. The summed E-state index contributed by atoms with van der Waals surface area (Å²) in [5, 5.41) is 0. The molecule has 0 spiro atoms. The molecule has 1 heterocycles. The first kappa shape index (κ1) is 17.4. The summed E-state index contributed by atoms with van der Waals surface area (Å²) in [7, 11) is -4.10. The van der Waals surface area contributed by atoms with E-state index in [-0.39, 0.29) is 13.2 Å². The maximum Gasteiger partial charge on any atom is 0.324 e. The fraction of sp³-hybridized carbons (Fsp3) is 0.500. The Balaban J connectivity index is 2.41. The molecule has 1 atom stereocenters. The van der Waals surface area contributed by atoms with Crippen LogP contribution >= 0.6 is 15.9 Å². The molecule has 2 rings (SSSR count). The molecule has 0 N–H and O–H groups in total. The van der Waals surface area contributed by atoms with Crippen molar-refractivity contribution in [2.45, 2.75) is 37.1 Å². The van der Waals surface area contributed by atoms with Crippen LogP contribution in [0.25, 0.3) is 0 Å². The van der Waals surface area contributed by atoms with E-state index in [9.17, 15) is 17.6 Å². The van der Waals surface area contributed by atoms with Crippen LogP contribution < -0.4 is 0 Å². The van der Waals surface area contributed by atoms with Gasteiger partial charge in [-0.3, -0.25) is 4.79 Å². The first-order chi connectivity index (χ1) is 10.4. The molecule has 0 bridgehead atoms. The second-order valence-electron chi connectivity index (χ2n) is 4.95. The number of halogens is 2. The molecule has 1 aliphatic heterocycles. The van der Waals surface area contributed by atoms with Crippen molar-refractivity contribution in [3.8, 4) is 0 Å². The zero-order valence-corrected chi connectivity index (χ0v) is 14.5. The average Bonchev–Trinajstić information content (AvgIpc) is 2.50. The molecule has 0 saturated carbocycles. The molecule has 1 aromatic carbocycles. The largest absolute Gasteiger partial charge is 0.465 e. The standard InChI is InChI=1S/C14H17BrFNO4S/c1-2-21-14(18)12-5-3-4-8-17(12)22(19,20)13-9-10(15)6-7-11(13)16/h6-7,9,12H,2-5,8H2,1H3. The number of carbonyl (C=O) groups excluding carboxylic acids is 1. The predicted octanol–water partition coefficient (Wildman–Crippen LogP) is 2.69. The van der Waals surface area contributed by atoms with E-state index in [1.165, 1.54) is 12.1 Å². The Bertz CT molecular complexity index is 665. The number of rotatable bonds is 4. The molecule has 1 fully saturated rings. The molecule has 0 amide bonds. The van der Waals surface area contributed by atoms with Gasteiger partial charge in [0, 0.05) is 11.0 Å². The van der Waals surface area contributed by atoms with Crippen LogP contribution in [0.15, 0.2) is 27.6 Å². The first-order valence-corrected chi connectivity index (χ1v) is 9.24. The third-order valence-electron chi connectivity index (χ3n) is 3.49. The van der Waals surface area contributed by atoms with Crippen LogP contribution in [0.5, 0.6) is 0 Å². The zero-order valence-electron chi connectivity index (χ0n) is 12.1. The van der Waals surface area contributed by atoms with Crippen molar-refractivity contribution in [2.75, 3.05) is 13.2 Å². The molecule has 1 aliphatic rings. The Morgan fingerprint density at radius 1 is 1.45 bits per heavy atom. The molecule has 0 radical (unpaired) electrons. The number of hydrogen-bond donors (Lipinski definition) is 0. The normalized spacial score (nSPS) is 19.9. The summed E-state index contributed by atoms with van der Waals surface area (Å²) in [6.07, 6.45) is 1.74. The number of benzene rings is 1. The Morgan fingerprint density at radius 3 is 2.86 bits per heavy atom. The van der Waals surface area contributed by atoms with Crippen molar-refractivity contribution in [3.63, 3.8) is 0 Å². The van der Waals surface area contributed by atoms with E-state index >= 15 is 0 Å². The SMILES string of the molecule is CCOC(=O)C1CCCCN1S(=O)(=O)c1cc(Br)ccc1F. The van der Waals surface area contributed by atoms with Gasteiger partial charge in [0.1, 0.15) is 16.8 Å². The van der Waals surface area contributed by atoms with Crippen molar-refractivity contribution >= 4 is 31.9 Å². The van der Waals surface area contributed by atoms with Gasteiger partial charge in [0.2, 0.25) is 10.0 Å². The smallest absolute Gasteiger partial charge is 0.324 e. The third kappa shape index (κ3) is 3.49. The summed E-state index contributed by atoms with van der Waals surface area (Å²) in [5.41, 5.74) is 0. The molecule has 0 aromatic heterocycles. The number of nitrogens with zero attached hydrogens (tertiary/aromatic N) is 1. The lowest BCUT2D eigenvalue weighted by molar-refractivity contribution is -0.148. The van der Waals surface area contributed by atoms with E-state index in [1.807, 2.05) is 0 Å². The third-order valence-corrected chi connectivity index (χ3v) is 5.91. The minimum atomic E-state index is -4.10. The van der Waals surface area contributed by atoms with Crippen LogP contribution in [0, 0.1) is 5.82 Å². The predicted molar refractivity (Wildman–Crippen MR) is 82.3 cm³/mol. The Labute approximate surface area is 137 Å². The number of esters is 1. The second-order valence-corrected chi connectivity index (χ2v) is 7.73. The van der Waals surface area contributed by atoms with E-state index in [0.717, 1.165) is 16.8 Å². The van der Waals surface area contributed by atoms with Crippen molar-refractivity contribution < 1.29 is 22.3 Å². The highest BCUT2D eigenvalue weighted by molar-refractivity contribution is 9.10. The van der Waals surface area contributed by atoms with Gasteiger partial charge >= 0.3 is 5.97 Å². The van der Waals surface area contributed by atoms with Crippen molar-refractivity contribution in [1.29, 1.82) is 0 Å². The summed E-state index contributed by atoms with van der Waals surface area (Å²) >= 11 is 3.14. The van der Waals surface area contributed by atoms with Gasteiger partial charge in [-0.05, 0) is 44.4 Å². The minimum Gasteiger partial charge on any atom is -0.465 e. The molecular weight excluding hydrogens is 377 g/mol. The monoisotopic (exact) mass is 393 g/mol. The van der Waals surface area contributed by atoms with Crippen LogP contribution in [-0.2, 0) is 19.6 Å². The van der Waals surface area contributed by atoms with Crippen LogP contribution in [0.1, 0.15) is 26.2 Å². The van der Waals surface area contributed by atoms with Crippen molar-refractivity contribution in [1.82, 2.24) is 4.31 Å². The summed E-state index contributed by atoms with van der Waals surface area (Å²) in [4.78, 5) is 11.6. The van der Waals surface area contributed by atoms with Gasteiger partial charge in [0.25, 0.3) is 0 Å². The maximum atomic E-state index is 14.0. The molecule has 22 heavy (non-hydrogen) atoms. The minimum absolute atomic E-state index is 0.175. The summed E-state index contributed by atoms with van der Waals surface area (Å²) < 4.78 is 45.9. The van der Waals surface area contributed by atoms with Crippen LogP contribution in [0.3, 0.4) is 0 Å². The topological polar surface area (TPSA) is 63.7 Å². The quantitative estimate of drug-likeness (QED) is 0.737. The van der Waals surface area contributed by atoms with E-state index in [1.54, 1.807) is 6.92 Å². The van der Waals surface area contributed by atoms with Crippen LogP contribution in [-0.4, -0.2) is 37.9 Å². The summed E-state index contributed by atoms with van der Waals surface area (Å²) in [5.74, 6) is -1.42. The fourth-order valence-electron chi connectivity index (χ4n) is 2.47. The number of hydrogen-bond acceptors (Lipinski definition) is 4. The number of sulfonamides is 1. The molecule has 1 aromatic rings. The molecule has 1 saturated heterocycles. The Morgan fingerprint density at radius 2 is 2.18 bits per heavy atom. The van der Waals surface area contributed by atoms with Crippen LogP contribution in [0.2, 0.25) is 0 Å². The highest BCUT2D eigenvalue weighted by atomic mass is 79.9. The second kappa shape index (κ2) is 7.06. The fourth-order valence-corrected chi connectivity index (χ4v) is 4.72. The van der Waals surface area contributed by atoms with Gasteiger partial charge in [-0.15, -0.1) is 0 Å². The first-order valence-electron chi connectivity index (χ1n) is 7.01. The number of carbonyl (C=O) groups is 1. The molecule has 122 valence electrons. The van der Waals surface area contributed by atoms with E-state index in [0.29, 0.717) is 17.3 Å². The van der Waals surface area contributed by atoms with Gasteiger partial charge in [0.05, 0.1) is 6.61 Å². The lowest BCUT2D eigenvalue weighted by Crippen LogP contribution is -2.48. The molecule has 8 heteroatoms. The van der Waals surface area contributed by atoms with Gasteiger partial charge in [-0.2, -0.15) is 4.31 Å². The van der Waals surface area contributed by atoms with E-state index in [4.69, 9.17) is 4.74 Å². The van der Waals surface area contributed by atoms with E-state index in [2.05, 4.69) is 15.9 Å². The molecule has 1 unspecified atom stereocenters. The van der Waals surface area contributed by atoms with E-state index < -0.39 is 32.7 Å². The van der Waals surface area contributed by atoms with Gasteiger partial charge in [0.15, 0.2) is 0 Å². The highest BCUT2D eigenvalue weighted by Gasteiger charge is 2.39. The van der Waals surface area contributed by atoms with Crippen LogP contribution in [0.4, 0.5) is 4.39 Å². The molecule has 0 aliphatic carbocycles.